The van der Waals surface area contributed by atoms with Crippen molar-refractivity contribution < 1.29 is 19.2 Å². The fourth-order valence-electron chi connectivity index (χ4n) is 4.04. The first-order valence-corrected chi connectivity index (χ1v) is 11.9. The minimum Gasteiger partial charge on any atom is -0.487 e. The van der Waals surface area contributed by atoms with Gasteiger partial charge in [0.15, 0.2) is 5.75 Å². The average molecular weight is 509 g/mol. The molecule has 1 aliphatic heterocycles. The highest BCUT2D eigenvalue weighted by molar-refractivity contribution is 6.33. The lowest BCUT2D eigenvalue weighted by Gasteiger charge is -2.36. The normalized spacial score (nSPS) is 13.3. The van der Waals surface area contributed by atoms with E-state index in [-0.39, 0.29) is 29.5 Å². The minimum absolute atomic E-state index is 0.00827. The second-order valence-electron chi connectivity index (χ2n) is 8.14. The third-order valence-corrected chi connectivity index (χ3v) is 6.15. The number of benzene rings is 3. The fourth-order valence-corrected chi connectivity index (χ4v) is 4.34. The molecule has 0 aromatic heterocycles. The van der Waals surface area contributed by atoms with Crippen molar-refractivity contribution >= 4 is 40.5 Å². The van der Waals surface area contributed by atoms with Crippen molar-refractivity contribution in [3.8, 4) is 5.75 Å². The largest absolute Gasteiger partial charge is 0.487 e. The quantitative estimate of drug-likeness (QED) is 0.361. The summed E-state index contributed by atoms with van der Waals surface area (Å²) < 4.78 is 5.26. The van der Waals surface area contributed by atoms with E-state index < -0.39 is 10.8 Å². The molecule has 0 atom stereocenters. The van der Waals surface area contributed by atoms with Crippen molar-refractivity contribution in [3.63, 3.8) is 0 Å². The predicted molar refractivity (Wildman–Crippen MR) is 138 cm³/mol. The van der Waals surface area contributed by atoms with Gasteiger partial charge in [0.2, 0.25) is 0 Å². The van der Waals surface area contributed by atoms with Gasteiger partial charge in [-0.3, -0.25) is 19.7 Å². The van der Waals surface area contributed by atoms with Crippen LogP contribution in [0.25, 0.3) is 0 Å². The molecule has 0 spiro atoms. The molecule has 1 fully saturated rings. The second-order valence-corrected chi connectivity index (χ2v) is 8.55. The smallest absolute Gasteiger partial charge is 0.311 e. The number of anilines is 2. The molecule has 1 heterocycles. The summed E-state index contributed by atoms with van der Waals surface area (Å²) in [6, 6.07) is 18.4. The van der Waals surface area contributed by atoms with E-state index in [9.17, 15) is 19.7 Å². The number of ether oxygens (including phenoxy) is 1. The molecule has 186 valence electrons. The minimum atomic E-state index is -0.583. The Balaban J connectivity index is 1.40. The van der Waals surface area contributed by atoms with Crippen molar-refractivity contribution in [3.05, 3.63) is 93.0 Å². The van der Waals surface area contributed by atoms with E-state index in [1.807, 2.05) is 41.3 Å². The number of nitrogens with one attached hydrogen (secondary N) is 1. The number of piperazine rings is 1. The lowest BCUT2D eigenvalue weighted by Crippen LogP contribution is -2.48. The lowest BCUT2D eigenvalue weighted by atomic mass is 10.1. The number of halogens is 1. The average Bonchev–Trinajstić information content (AvgIpc) is 2.89. The van der Waals surface area contributed by atoms with Gasteiger partial charge >= 0.3 is 5.69 Å². The Morgan fingerprint density at radius 3 is 2.36 bits per heavy atom. The molecule has 0 saturated carbocycles. The summed E-state index contributed by atoms with van der Waals surface area (Å²) >= 11 is 6.53. The maximum Gasteiger partial charge on any atom is 0.311 e. The van der Waals surface area contributed by atoms with Crippen molar-refractivity contribution in [2.45, 2.75) is 6.92 Å². The lowest BCUT2D eigenvalue weighted by molar-refractivity contribution is -0.385. The van der Waals surface area contributed by atoms with Gasteiger partial charge in [-0.15, -0.1) is 0 Å². The molecule has 0 unspecified atom stereocenters. The molecule has 3 aromatic rings. The summed E-state index contributed by atoms with van der Waals surface area (Å²) in [5, 5.41) is 14.5. The van der Waals surface area contributed by atoms with Gasteiger partial charge in [0.25, 0.3) is 11.8 Å². The van der Waals surface area contributed by atoms with E-state index in [2.05, 4.69) is 10.2 Å². The van der Waals surface area contributed by atoms with Crippen LogP contribution in [0.5, 0.6) is 5.75 Å². The van der Waals surface area contributed by atoms with Crippen LogP contribution in [0, 0.1) is 10.1 Å². The Kier molecular flexibility index (Phi) is 7.70. The summed E-state index contributed by atoms with van der Waals surface area (Å²) in [6.45, 7) is 4.38. The predicted octanol–water partition coefficient (Wildman–Crippen LogP) is 4.86. The molecule has 9 nitrogen and oxygen atoms in total. The molecular weight excluding hydrogens is 484 g/mol. The maximum atomic E-state index is 12.7. The maximum absolute atomic E-state index is 12.7. The third kappa shape index (κ3) is 5.58. The van der Waals surface area contributed by atoms with E-state index >= 15 is 0 Å². The number of rotatable bonds is 7. The summed E-state index contributed by atoms with van der Waals surface area (Å²) in [7, 11) is 0. The SMILES string of the molecule is CCOc1ccc(C(=O)Nc2ccc(N3CCN(C(=O)c4ccccc4)CC3)c(Cl)c2)cc1[N+](=O)[O-]. The van der Waals surface area contributed by atoms with E-state index in [1.54, 1.807) is 19.1 Å². The van der Waals surface area contributed by atoms with Crippen LogP contribution < -0.4 is 15.0 Å². The first kappa shape index (κ1) is 25.0. The zero-order valence-electron chi connectivity index (χ0n) is 19.6. The van der Waals surface area contributed by atoms with Crippen LogP contribution in [-0.2, 0) is 0 Å². The van der Waals surface area contributed by atoms with Crippen LogP contribution in [-0.4, -0.2) is 54.4 Å². The number of hydrogen-bond donors (Lipinski definition) is 1. The van der Waals surface area contributed by atoms with Crippen molar-refractivity contribution in [2.24, 2.45) is 0 Å². The molecule has 0 bridgehead atoms. The van der Waals surface area contributed by atoms with E-state index in [1.165, 1.54) is 18.2 Å². The molecule has 0 radical (unpaired) electrons. The number of nitro groups is 1. The van der Waals surface area contributed by atoms with Gasteiger partial charge in [-0.25, -0.2) is 0 Å². The molecule has 1 N–H and O–H groups in total. The molecule has 36 heavy (non-hydrogen) atoms. The number of nitro benzene ring substituents is 1. The summed E-state index contributed by atoms with van der Waals surface area (Å²) in [6.07, 6.45) is 0. The van der Waals surface area contributed by atoms with Crippen LogP contribution >= 0.6 is 11.6 Å². The highest BCUT2D eigenvalue weighted by Crippen LogP contribution is 2.31. The van der Waals surface area contributed by atoms with Gasteiger partial charge in [-0.2, -0.15) is 0 Å². The summed E-state index contributed by atoms with van der Waals surface area (Å²) in [5.41, 5.74) is 1.79. The highest BCUT2D eigenvalue weighted by Gasteiger charge is 2.24. The van der Waals surface area contributed by atoms with Crippen LogP contribution in [0.3, 0.4) is 0 Å². The Morgan fingerprint density at radius 1 is 1.00 bits per heavy atom. The molecule has 3 aromatic carbocycles. The molecule has 4 rings (SSSR count). The zero-order chi connectivity index (χ0) is 25.7. The number of amides is 2. The number of carbonyl (C=O) groups is 2. The molecule has 1 saturated heterocycles. The topological polar surface area (TPSA) is 105 Å². The zero-order valence-corrected chi connectivity index (χ0v) is 20.4. The van der Waals surface area contributed by atoms with E-state index in [4.69, 9.17) is 16.3 Å². The van der Waals surface area contributed by atoms with Crippen molar-refractivity contribution in [1.29, 1.82) is 0 Å². The number of hydrogen-bond acceptors (Lipinski definition) is 6. The Hall–Kier alpha value is -4.11. The van der Waals surface area contributed by atoms with Crippen LogP contribution in [0.15, 0.2) is 66.7 Å². The van der Waals surface area contributed by atoms with E-state index in [0.29, 0.717) is 42.5 Å². The molecular formula is C26H25ClN4O5. The monoisotopic (exact) mass is 508 g/mol. The van der Waals surface area contributed by atoms with Gasteiger partial charge in [-0.05, 0) is 49.4 Å². The third-order valence-electron chi connectivity index (χ3n) is 5.85. The Labute approximate surface area is 213 Å². The standard InChI is InChI=1S/C26H25ClN4O5/c1-2-36-24-11-8-19(16-23(24)31(34)35)25(32)28-20-9-10-22(21(27)17-20)29-12-14-30(15-13-29)26(33)18-6-4-3-5-7-18/h3-11,16-17H,2,12-15H2,1H3,(H,28,32). The molecule has 10 heteroatoms. The van der Waals surface area contributed by atoms with Crippen LogP contribution in [0.4, 0.5) is 17.1 Å². The van der Waals surface area contributed by atoms with Gasteiger partial charge in [-0.1, -0.05) is 29.8 Å². The van der Waals surface area contributed by atoms with E-state index in [0.717, 1.165) is 5.69 Å². The number of carbonyl (C=O) groups excluding carboxylic acids is 2. The van der Waals surface area contributed by atoms with Crippen molar-refractivity contribution in [1.82, 2.24) is 4.90 Å². The van der Waals surface area contributed by atoms with Crippen molar-refractivity contribution in [2.75, 3.05) is 43.0 Å². The van der Waals surface area contributed by atoms with Crippen LogP contribution in [0.2, 0.25) is 5.02 Å². The second kappa shape index (κ2) is 11.1. The van der Waals surface area contributed by atoms with Gasteiger partial charge in [0, 0.05) is 49.1 Å². The molecule has 0 aliphatic carbocycles. The van der Waals surface area contributed by atoms with Gasteiger partial charge < -0.3 is 19.9 Å². The van der Waals surface area contributed by atoms with Gasteiger partial charge in [0.05, 0.1) is 22.2 Å². The first-order chi connectivity index (χ1) is 17.4. The Morgan fingerprint density at radius 2 is 1.72 bits per heavy atom. The first-order valence-electron chi connectivity index (χ1n) is 11.5. The highest BCUT2D eigenvalue weighted by atomic mass is 35.5. The number of nitrogens with zero attached hydrogens (tertiary/aromatic N) is 3. The summed E-state index contributed by atoms with van der Waals surface area (Å²) in [5.74, 6) is -0.385. The van der Waals surface area contributed by atoms with Crippen LogP contribution in [0.1, 0.15) is 27.6 Å². The molecule has 1 aliphatic rings. The Bertz CT molecular complexity index is 1280. The fraction of sp³-hybridized carbons (Fsp3) is 0.231. The molecule has 2 amide bonds. The summed E-state index contributed by atoms with van der Waals surface area (Å²) in [4.78, 5) is 40.1. The van der Waals surface area contributed by atoms with Gasteiger partial charge in [0.1, 0.15) is 0 Å².